The summed E-state index contributed by atoms with van der Waals surface area (Å²) in [4.78, 5) is 23.2. The molecule has 0 bridgehead atoms. The molecule has 5 nitrogen and oxygen atoms in total. The van der Waals surface area contributed by atoms with Crippen LogP contribution in [0.15, 0.2) is 36.4 Å². The van der Waals surface area contributed by atoms with Crippen molar-refractivity contribution in [3.63, 3.8) is 0 Å². The number of anilines is 1. The number of nitrogens with one attached hydrogen (secondary N) is 1. The topological polar surface area (TPSA) is 86.6 Å². The monoisotopic (exact) mass is 285 g/mol. The van der Waals surface area contributed by atoms with E-state index < -0.39 is 11.9 Å². The zero-order valence-corrected chi connectivity index (χ0v) is 11.7. The van der Waals surface area contributed by atoms with Crippen molar-refractivity contribution < 1.29 is 19.8 Å². The summed E-state index contributed by atoms with van der Waals surface area (Å²) >= 11 is 0. The SMILES string of the molecule is Cc1ccc(C(=O)Nc2ccc(C)c(C(=O)O)c2)c(O)c1. The van der Waals surface area contributed by atoms with Crippen molar-refractivity contribution in [3.8, 4) is 5.75 Å². The minimum atomic E-state index is -1.05. The van der Waals surface area contributed by atoms with E-state index in [0.29, 0.717) is 11.3 Å². The third-order valence-corrected chi connectivity index (χ3v) is 3.12. The van der Waals surface area contributed by atoms with Gasteiger partial charge in [-0.15, -0.1) is 0 Å². The van der Waals surface area contributed by atoms with Gasteiger partial charge in [-0.3, -0.25) is 4.79 Å². The van der Waals surface area contributed by atoms with Crippen LogP contribution < -0.4 is 5.32 Å². The first-order valence-electron chi connectivity index (χ1n) is 6.33. The van der Waals surface area contributed by atoms with Crippen molar-refractivity contribution >= 4 is 17.6 Å². The molecule has 0 atom stereocenters. The average molecular weight is 285 g/mol. The summed E-state index contributed by atoms with van der Waals surface area (Å²) in [5, 5.41) is 21.4. The summed E-state index contributed by atoms with van der Waals surface area (Å²) in [7, 11) is 0. The van der Waals surface area contributed by atoms with Crippen LogP contribution in [-0.2, 0) is 0 Å². The normalized spacial score (nSPS) is 10.2. The van der Waals surface area contributed by atoms with E-state index in [-0.39, 0.29) is 16.9 Å². The Hall–Kier alpha value is -2.82. The van der Waals surface area contributed by atoms with Gasteiger partial charge in [0.25, 0.3) is 5.91 Å². The van der Waals surface area contributed by atoms with Gasteiger partial charge in [-0.25, -0.2) is 4.79 Å². The largest absolute Gasteiger partial charge is 0.507 e. The van der Waals surface area contributed by atoms with Crippen LogP contribution in [0, 0.1) is 13.8 Å². The molecule has 0 heterocycles. The van der Waals surface area contributed by atoms with E-state index >= 15 is 0 Å². The molecule has 0 spiro atoms. The van der Waals surface area contributed by atoms with Gasteiger partial charge in [0.15, 0.2) is 0 Å². The molecule has 0 fully saturated rings. The van der Waals surface area contributed by atoms with Gasteiger partial charge in [0.1, 0.15) is 5.75 Å². The second-order valence-electron chi connectivity index (χ2n) is 4.81. The van der Waals surface area contributed by atoms with E-state index in [1.54, 1.807) is 32.0 Å². The molecule has 0 aliphatic rings. The molecule has 5 heteroatoms. The van der Waals surface area contributed by atoms with E-state index in [0.717, 1.165) is 5.56 Å². The third kappa shape index (κ3) is 3.20. The Morgan fingerprint density at radius 3 is 2.33 bits per heavy atom. The number of phenols is 1. The fourth-order valence-corrected chi connectivity index (χ4v) is 1.96. The lowest BCUT2D eigenvalue weighted by Crippen LogP contribution is -2.13. The van der Waals surface area contributed by atoms with Crippen molar-refractivity contribution in [1.29, 1.82) is 0 Å². The van der Waals surface area contributed by atoms with Crippen LogP contribution in [0.4, 0.5) is 5.69 Å². The first kappa shape index (κ1) is 14.6. The summed E-state index contributed by atoms with van der Waals surface area (Å²) in [5.41, 5.74) is 2.08. The Balaban J connectivity index is 2.27. The summed E-state index contributed by atoms with van der Waals surface area (Å²) in [5.74, 6) is -1.66. The number of aryl methyl sites for hydroxylation is 2. The highest BCUT2D eigenvalue weighted by Crippen LogP contribution is 2.21. The number of aromatic hydroxyl groups is 1. The molecular formula is C16H15NO4. The quantitative estimate of drug-likeness (QED) is 0.809. The lowest BCUT2D eigenvalue weighted by atomic mass is 10.1. The molecule has 0 aliphatic heterocycles. The highest BCUT2D eigenvalue weighted by atomic mass is 16.4. The van der Waals surface area contributed by atoms with E-state index in [4.69, 9.17) is 5.11 Å². The Morgan fingerprint density at radius 1 is 1.00 bits per heavy atom. The maximum atomic E-state index is 12.1. The van der Waals surface area contributed by atoms with Crippen molar-refractivity contribution in [3.05, 3.63) is 58.7 Å². The summed E-state index contributed by atoms with van der Waals surface area (Å²) in [6.45, 7) is 3.49. The minimum Gasteiger partial charge on any atom is -0.507 e. The summed E-state index contributed by atoms with van der Waals surface area (Å²) in [6.07, 6.45) is 0. The molecule has 2 rings (SSSR count). The smallest absolute Gasteiger partial charge is 0.336 e. The van der Waals surface area contributed by atoms with Gasteiger partial charge in [0, 0.05) is 5.69 Å². The number of hydrogen-bond acceptors (Lipinski definition) is 3. The molecule has 0 unspecified atom stereocenters. The highest BCUT2D eigenvalue weighted by Gasteiger charge is 2.13. The number of carboxylic acids is 1. The van der Waals surface area contributed by atoms with Crippen LogP contribution in [0.3, 0.4) is 0 Å². The first-order chi connectivity index (χ1) is 9.88. The van der Waals surface area contributed by atoms with Crippen LogP contribution in [0.5, 0.6) is 5.75 Å². The van der Waals surface area contributed by atoms with E-state index in [1.807, 2.05) is 0 Å². The number of hydrogen-bond donors (Lipinski definition) is 3. The number of rotatable bonds is 3. The molecule has 0 aliphatic carbocycles. The number of phenolic OH excluding ortho intramolecular Hbond substituents is 1. The molecular weight excluding hydrogens is 270 g/mol. The molecule has 0 aromatic heterocycles. The lowest BCUT2D eigenvalue weighted by Gasteiger charge is -2.09. The number of amides is 1. The maximum Gasteiger partial charge on any atom is 0.336 e. The molecule has 108 valence electrons. The fraction of sp³-hybridized carbons (Fsp3) is 0.125. The van der Waals surface area contributed by atoms with Crippen LogP contribution in [-0.4, -0.2) is 22.1 Å². The predicted octanol–water partition coefficient (Wildman–Crippen LogP) is 2.96. The molecule has 3 N–H and O–H groups in total. The van der Waals surface area contributed by atoms with Crippen molar-refractivity contribution in [2.45, 2.75) is 13.8 Å². The van der Waals surface area contributed by atoms with Gasteiger partial charge in [-0.1, -0.05) is 12.1 Å². The van der Waals surface area contributed by atoms with Gasteiger partial charge in [0.05, 0.1) is 11.1 Å². The number of aromatic carboxylic acids is 1. The fourth-order valence-electron chi connectivity index (χ4n) is 1.96. The number of carbonyl (C=O) groups is 2. The van der Waals surface area contributed by atoms with Crippen molar-refractivity contribution in [1.82, 2.24) is 0 Å². The van der Waals surface area contributed by atoms with Crippen LogP contribution in [0.2, 0.25) is 0 Å². The number of benzene rings is 2. The second kappa shape index (κ2) is 5.66. The van der Waals surface area contributed by atoms with E-state index in [2.05, 4.69) is 5.32 Å². The van der Waals surface area contributed by atoms with Crippen LogP contribution in [0.1, 0.15) is 31.8 Å². The van der Waals surface area contributed by atoms with Crippen molar-refractivity contribution in [2.24, 2.45) is 0 Å². The number of carboxylic acid groups (broad SMARTS) is 1. The molecule has 2 aromatic carbocycles. The van der Waals surface area contributed by atoms with Crippen LogP contribution in [0.25, 0.3) is 0 Å². The molecule has 21 heavy (non-hydrogen) atoms. The minimum absolute atomic E-state index is 0.113. The van der Waals surface area contributed by atoms with Crippen molar-refractivity contribution in [2.75, 3.05) is 5.32 Å². The van der Waals surface area contributed by atoms with Gasteiger partial charge >= 0.3 is 5.97 Å². The molecule has 0 saturated heterocycles. The Morgan fingerprint density at radius 2 is 1.71 bits per heavy atom. The average Bonchev–Trinajstić information content (AvgIpc) is 2.40. The van der Waals surface area contributed by atoms with Gasteiger partial charge in [-0.05, 0) is 49.2 Å². The zero-order valence-electron chi connectivity index (χ0n) is 11.7. The molecule has 0 radical (unpaired) electrons. The lowest BCUT2D eigenvalue weighted by molar-refractivity contribution is 0.0695. The summed E-state index contributed by atoms with van der Waals surface area (Å²) in [6, 6.07) is 9.35. The van der Waals surface area contributed by atoms with Gasteiger partial charge in [-0.2, -0.15) is 0 Å². The molecule has 1 amide bonds. The zero-order chi connectivity index (χ0) is 15.6. The Labute approximate surface area is 121 Å². The van der Waals surface area contributed by atoms with E-state index in [1.165, 1.54) is 18.2 Å². The predicted molar refractivity (Wildman–Crippen MR) is 78.9 cm³/mol. The first-order valence-corrected chi connectivity index (χ1v) is 6.33. The standard InChI is InChI=1S/C16H15NO4/c1-9-3-6-12(14(18)7-9)15(19)17-11-5-4-10(2)13(8-11)16(20)21/h3-8,18H,1-2H3,(H,17,19)(H,20,21). The second-order valence-corrected chi connectivity index (χ2v) is 4.81. The summed E-state index contributed by atoms with van der Waals surface area (Å²) < 4.78 is 0. The number of carbonyl (C=O) groups excluding carboxylic acids is 1. The molecule has 2 aromatic rings. The third-order valence-electron chi connectivity index (χ3n) is 3.12. The maximum absolute atomic E-state index is 12.1. The Bertz CT molecular complexity index is 722. The van der Waals surface area contributed by atoms with Crippen LogP contribution >= 0.6 is 0 Å². The van der Waals surface area contributed by atoms with Gasteiger partial charge in [0.2, 0.25) is 0 Å². The van der Waals surface area contributed by atoms with E-state index in [9.17, 15) is 14.7 Å². The van der Waals surface area contributed by atoms with Gasteiger partial charge < -0.3 is 15.5 Å². The Kier molecular flexibility index (Phi) is 3.93. The highest BCUT2D eigenvalue weighted by molar-refractivity contribution is 6.06. The molecule has 0 saturated carbocycles.